The Bertz CT molecular complexity index is 716. The summed E-state index contributed by atoms with van der Waals surface area (Å²) >= 11 is 0. The lowest BCUT2D eigenvalue weighted by Crippen LogP contribution is -2.43. The third kappa shape index (κ3) is 3.51. The van der Waals surface area contributed by atoms with E-state index in [1.165, 1.54) is 0 Å². The minimum absolute atomic E-state index is 0.0625. The largest absolute Gasteiger partial charge is 0.467 e. The van der Waals surface area contributed by atoms with Gasteiger partial charge in [0.15, 0.2) is 5.82 Å². The van der Waals surface area contributed by atoms with E-state index in [1.807, 2.05) is 31.2 Å². The predicted octanol–water partition coefficient (Wildman–Crippen LogP) is 1.68. The molecule has 0 aromatic carbocycles. The SMILES string of the molecule is Cc1ccc(N2CC[C@@H]3C[C@H](C(=O)NCc4ccco4)O[C@H]3C2)nn1. The second-order valence-electron chi connectivity index (χ2n) is 6.72. The Hall–Kier alpha value is -2.41. The number of hydrogen-bond donors (Lipinski definition) is 1. The summed E-state index contributed by atoms with van der Waals surface area (Å²) in [6.45, 7) is 3.99. The lowest BCUT2D eigenvalue weighted by molar-refractivity contribution is -0.132. The molecule has 2 aromatic rings. The summed E-state index contributed by atoms with van der Waals surface area (Å²) in [5.41, 5.74) is 0.907. The van der Waals surface area contributed by atoms with Crippen LogP contribution in [0.15, 0.2) is 34.9 Å². The number of carbonyl (C=O) groups excluding carboxylic acids is 1. The van der Waals surface area contributed by atoms with E-state index in [9.17, 15) is 4.79 Å². The number of ether oxygens (including phenoxy) is 1. The molecule has 2 saturated heterocycles. The minimum Gasteiger partial charge on any atom is -0.467 e. The van der Waals surface area contributed by atoms with E-state index in [2.05, 4.69) is 20.4 Å². The van der Waals surface area contributed by atoms with Gasteiger partial charge in [0.25, 0.3) is 0 Å². The van der Waals surface area contributed by atoms with E-state index in [1.54, 1.807) is 6.26 Å². The van der Waals surface area contributed by atoms with E-state index >= 15 is 0 Å². The Balaban J connectivity index is 1.33. The number of fused-ring (bicyclic) bond motifs is 1. The molecule has 7 heteroatoms. The number of carbonyl (C=O) groups is 1. The topological polar surface area (TPSA) is 80.5 Å². The second-order valence-corrected chi connectivity index (χ2v) is 6.72. The lowest BCUT2D eigenvalue weighted by Gasteiger charge is -2.34. The van der Waals surface area contributed by atoms with Gasteiger partial charge in [-0.05, 0) is 49.9 Å². The average Bonchev–Trinajstić information content (AvgIpc) is 3.29. The van der Waals surface area contributed by atoms with Crippen LogP contribution in [0.2, 0.25) is 0 Å². The summed E-state index contributed by atoms with van der Waals surface area (Å²) in [5, 5.41) is 11.3. The molecule has 0 spiro atoms. The lowest BCUT2D eigenvalue weighted by atomic mass is 9.91. The Kier molecular flexibility index (Phi) is 4.40. The number of nitrogens with one attached hydrogen (secondary N) is 1. The molecular formula is C18H22N4O3. The van der Waals surface area contributed by atoms with Crippen LogP contribution in [-0.4, -0.2) is 41.4 Å². The van der Waals surface area contributed by atoms with Crippen LogP contribution in [0.4, 0.5) is 5.82 Å². The third-order valence-electron chi connectivity index (χ3n) is 4.97. The summed E-state index contributed by atoms with van der Waals surface area (Å²) in [5.74, 6) is 1.98. The molecule has 0 unspecified atom stereocenters. The molecule has 1 amide bonds. The first-order valence-corrected chi connectivity index (χ1v) is 8.70. The molecule has 132 valence electrons. The number of furan rings is 1. The van der Waals surface area contributed by atoms with Gasteiger partial charge in [0.2, 0.25) is 5.91 Å². The van der Waals surface area contributed by atoms with Crippen molar-refractivity contribution in [1.82, 2.24) is 15.5 Å². The van der Waals surface area contributed by atoms with E-state index in [0.29, 0.717) is 12.5 Å². The van der Waals surface area contributed by atoms with Gasteiger partial charge in [0, 0.05) is 13.1 Å². The third-order valence-corrected chi connectivity index (χ3v) is 4.97. The van der Waals surface area contributed by atoms with Crippen molar-refractivity contribution in [3.05, 3.63) is 42.0 Å². The summed E-state index contributed by atoms with van der Waals surface area (Å²) in [4.78, 5) is 14.6. The fourth-order valence-corrected chi connectivity index (χ4v) is 3.57. The molecule has 4 heterocycles. The fraction of sp³-hybridized carbons (Fsp3) is 0.500. The summed E-state index contributed by atoms with van der Waals surface area (Å²) in [7, 11) is 0. The smallest absolute Gasteiger partial charge is 0.249 e. The van der Waals surface area contributed by atoms with Crippen LogP contribution in [0.3, 0.4) is 0 Å². The maximum absolute atomic E-state index is 12.4. The monoisotopic (exact) mass is 342 g/mol. The predicted molar refractivity (Wildman–Crippen MR) is 90.9 cm³/mol. The van der Waals surface area contributed by atoms with Crippen molar-refractivity contribution >= 4 is 11.7 Å². The van der Waals surface area contributed by atoms with Crippen LogP contribution in [0, 0.1) is 12.8 Å². The minimum atomic E-state index is -0.381. The van der Waals surface area contributed by atoms with Gasteiger partial charge in [0.1, 0.15) is 11.9 Å². The molecule has 3 atom stereocenters. The Morgan fingerprint density at radius 3 is 3.04 bits per heavy atom. The molecule has 25 heavy (non-hydrogen) atoms. The summed E-state index contributed by atoms with van der Waals surface area (Å²) < 4.78 is 11.3. The van der Waals surface area contributed by atoms with Crippen molar-refractivity contribution in [1.29, 1.82) is 0 Å². The van der Waals surface area contributed by atoms with Gasteiger partial charge >= 0.3 is 0 Å². The zero-order chi connectivity index (χ0) is 17.2. The van der Waals surface area contributed by atoms with Gasteiger partial charge < -0.3 is 19.4 Å². The van der Waals surface area contributed by atoms with E-state index in [4.69, 9.17) is 9.15 Å². The first-order valence-electron chi connectivity index (χ1n) is 8.70. The number of hydrogen-bond acceptors (Lipinski definition) is 6. The van der Waals surface area contributed by atoms with E-state index in [0.717, 1.165) is 43.2 Å². The molecule has 0 saturated carbocycles. The molecule has 0 aliphatic carbocycles. The van der Waals surface area contributed by atoms with Crippen molar-refractivity contribution < 1.29 is 13.9 Å². The van der Waals surface area contributed by atoms with Gasteiger partial charge in [0.05, 0.1) is 24.6 Å². The molecule has 0 bridgehead atoms. The molecule has 0 radical (unpaired) electrons. The molecule has 4 rings (SSSR count). The number of aromatic nitrogens is 2. The fourth-order valence-electron chi connectivity index (χ4n) is 3.57. The number of nitrogens with zero attached hydrogens (tertiary/aromatic N) is 3. The molecule has 2 aromatic heterocycles. The van der Waals surface area contributed by atoms with E-state index in [-0.39, 0.29) is 18.1 Å². The van der Waals surface area contributed by atoms with Gasteiger partial charge in [-0.3, -0.25) is 4.79 Å². The van der Waals surface area contributed by atoms with Crippen LogP contribution in [0.25, 0.3) is 0 Å². The number of amides is 1. The zero-order valence-electron chi connectivity index (χ0n) is 14.2. The highest BCUT2D eigenvalue weighted by Gasteiger charge is 2.42. The van der Waals surface area contributed by atoms with Crippen molar-refractivity contribution in [2.75, 3.05) is 18.0 Å². The van der Waals surface area contributed by atoms with Crippen LogP contribution in [0.1, 0.15) is 24.3 Å². The Labute approximate surface area is 146 Å². The summed E-state index contributed by atoms with van der Waals surface area (Å²) in [6, 6.07) is 7.61. The molecule has 2 aliphatic rings. The molecule has 2 fully saturated rings. The molecular weight excluding hydrogens is 320 g/mol. The maximum atomic E-state index is 12.4. The normalized spacial score (nSPS) is 25.6. The zero-order valence-corrected chi connectivity index (χ0v) is 14.2. The Morgan fingerprint density at radius 1 is 1.36 bits per heavy atom. The maximum Gasteiger partial charge on any atom is 0.249 e. The second kappa shape index (κ2) is 6.84. The van der Waals surface area contributed by atoms with Gasteiger partial charge in [-0.15, -0.1) is 5.10 Å². The van der Waals surface area contributed by atoms with Crippen molar-refractivity contribution in [2.24, 2.45) is 5.92 Å². The van der Waals surface area contributed by atoms with Crippen molar-refractivity contribution in [3.8, 4) is 0 Å². The number of aryl methyl sites for hydroxylation is 1. The van der Waals surface area contributed by atoms with Crippen LogP contribution < -0.4 is 10.2 Å². The van der Waals surface area contributed by atoms with Gasteiger partial charge in [-0.25, -0.2) is 0 Å². The van der Waals surface area contributed by atoms with Gasteiger partial charge in [-0.2, -0.15) is 5.10 Å². The van der Waals surface area contributed by atoms with Crippen LogP contribution in [-0.2, 0) is 16.1 Å². The highest BCUT2D eigenvalue weighted by atomic mass is 16.5. The Morgan fingerprint density at radius 2 is 2.28 bits per heavy atom. The number of piperidine rings is 1. The summed E-state index contributed by atoms with van der Waals surface area (Å²) in [6.07, 6.45) is 3.07. The highest BCUT2D eigenvalue weighted by molar-refractivity contribution is 5.81. The number of anilines is 1. The van der Waals surface area contributed by atoms with E-state index < -0.39 is 0 Å². The first-order chi connectivity index (χ1) is 12.2. The average molecular weight is 342 g/mol. The van der Waals surface area contributed by atoms with Crippen molar-refractivity contribution in [2.45, 2.75) is 38.5 Å². The quantitative estimate of drug-likeness (QED) is 0.910. The van der Waals surface area contributed by atoms with Gasteiger partial charge in [-0.1, -0.05) is 0 Å². The highest BCUT2D eigenvalue weighted by Crippen LogP contribution is 2.34. The molecule has 1 N–H and O–H groups in total. The standard InChI is InChI=1S/C18H22N4O3/c1-12-4-5-17(21-20-12)22-7-6-13-9-15(25-16(13)11-22)18(23)19-10-14-3-2-8-24-14/h2-5,8,13,15-16H,6-7,9-11H2,1H3,(H,19,23)/t13-,15-,16+/m1/s1. The first kappa shape index (κ1) is 16.1. The van der Waals surface area contributed by atoms with Crippen LogP contribution in [0.5, 0.6) is 0 Å². The number of rotatable bonds is 4. The molecule has 2 aliphatic heterocycles. The molecule has 7 nitrogen and oxygen atoms in total. The van der Waals surface area contributed by atoms with Crippen LogP contribution >= 0.6 is 0 Å². The van der Waals surface area contributed by atoms with Crippen molar-refractivity contribution in [3.63, 3.8) is 0 Å².